The first-order chi connectivity index (χ1) is 13.3. The number of hydrogen-bond donors (Lipinski definition) is 0. The molecule has 28 heavy (non-hydrogen) atoms. The average molecular weight is 411 g/mol. The molecular formula is C16H16N2O9P+. The molecule has 0 aliphatic carbocycles. The lowest BCUT2D eigenvalue weighted by Gasteiger charge is -2.03. The lowest BCUT2D eigenvalue weighted by Crippen LogP contribution is -1.97. The lowest BCUT2D eigenvalue weighted by atomic mass is 10.2. The van der Waals surface area contributed by atoms with Crippen molar-refractivity contribution in [2.75, 3.05) is 14.2 Å². The van der Waals surface area contributed by atoms with Crippen LogP contribution in [0.2, 0.25) is 0 Å². The molecule has 0 bridgehead atoms. The molecule has 0 saturated heterocycles. The third kappa shape index (κ3) is 5.43. The molecule has 0 aliphatic rings. The topological polar surface area (TPSA) is 140 Å². The Morgan fingerprint density at radius 3 is 1.54 bits per heavy atom. The van der Waals surface area contributed by atoms with Crippen LogP contribution in [0, 0.1) is 20.2 Å². The second-order valence-corrected chi connectivity index (χ2v) is 6.26. The molecule has 0 heterocycles. The van der Waals surface area contributed by atoms with E-state index in [1.54, 1.807) is 0 Å². The monoisotopic (exact) mass is 411 g/mol. The SMILES string of the molecule is COc1cc(CO[P+](=O)OCc2ccc([N+](=O)[O-])c(OC)c2)ccc1[N+](=O)[O-]. The Hall–Kier alpha value is -3.14. The summed E-state index contributed by atoms with van der Waals surface area (Å²) in [5.41, 5.74) is 0.621. The summed E-state index contributed by atoms with van der Waals surface area (Å²) in [7, 11) is 0.106. The highest BCUT2D eigenvalue weighted by Crippen LogP contribution is 2.33. The van der Waals surface area contributed by atoms with Gasteiger partial charge in [0, 0.05) is 16.7 Å². The molecule has 0 saturated carbocycles. The summed E-state index contributed by atoms with van der Waals surface area (Å²) in [6.45, 7) is -0.236. The third-order valence-electron chi connectivity index (χ3n) is 3.55. The molecular weight excluding hydrogens is 395 g/mol. The largest absolute Gasteiger partial charge is 0.698 e. The summed E-state index contributed by atoms with van der Waals surface area (Å²) < 4.78 is 31.9. The number of methoxy groups -OCH3 is 2. The van der Waals surface area contributed by atoms with Gasteiger partial charge in [0.05, 0.1) is 24.1 Å². The zero-order valence-electron chi connectivity index (χ0n) is 14.9. The first kappa shape index (κ1) is 21.2. The maximum Gasteiger partial charge on any atom is 0.698 e. The molecule has 0 spiro atoms. The lowest BCUT2D eigenvalue weighted by molar-refractivity contribution is -0.385. The standard InChI is InChI=1S/C16H16N2O9P/c1-24-15-7-11(3-5-13(15)17(19)20)9-26-28(23)27-10-12-4-6-14(18(21)22)16(8-12)25-2/h3-8H,9-10H2,1-2H3/q+1. The smallest absolute Gasteiger partial charge is 0.490 e. The summed E-state index contributed by atoms with van der Waals surface area (Å²) in [5.74, 6) is 0.112. The zero-order chi connectivity index (χ0) is 20.7. The Kier molecular flexibility index (Phi) is 7.33. The summed E-state index contributed by atoms with van der Waals surface area (Å²) >= 11 is 0. The van der Waals surface area contributed by atoms with Crippen molar-refractivity contribution in [3.8, 4) is 11.5 Å². The fourth-order valence-corrected chi connectivity index (χ4v) is 2.80. The van der Waals surface area contributed by atoms with Crippen LogP contribution in [0.1, 0.15) is 11.1 Å². The van der Waals surface area contributed by atoms with Crippen LogP contribution in [0.3, 0.4) is 0 Å². The quantitative estimate of drug-likeness (QED) is 0.323. The molecule has 12 heteroatoms. The van der Waals surface area contributed by atoms with Crippen molar-refractivity contribution in [2.24, 2.45) is 0 Å². The van der Waals surface area contributed by atoms with Crippen LogP contribution >= 0.6 is 8.25 Å². The van der Waals surface area contributed by atoms with Crippen molar-refractivity contribution in [1.29, 1.82) is 0 Å². The van der Waals surface area contributed by atoms with E-state index in [2.05, 4.69) is 0 Å². The summed E-state index contributed by atoms with van der Waals surface area (Å²) in [5, 5.41) is 21.7. The number of rotatable bonds is 10. The highest BCUT2D eigenvalue weighted by atomic mass is 31.1. The van der Waals surface area contributed by atoms with Crippen LogP contribution in [0.15, 0.2) is 36.4 Å². The normalized spacial score (nSPS) is 10.4. The van der Waals surface area contributed by atoms with E-state index >= 15 is 0 Å². The molecule has 0 atom stereocenters. The first-order valence-corrected chi connectivity index (χ1v) is 8.81. The van der Waals surface area contributed by atoms with Gasteiger partial charge in [-0.15, -0.1) is 9.05 Å². The van der Waals surface area contributed by atoms with Crippen LogP contribution in [-0.4, -0.2) is 24.1 Å². The van der Waals surface area contributed by atoms with Crippen LogP contribution < -0.4 is 9.47 Å². The number of hydrogen-bond acceptors (Lipinski definition) is 9. The molecule has 0 radical (unpaired) electrons. The fraction of sp³-hybridized carbons (Fsp3) is 0.250. The molecule has 0 N–H and O–H groups in total. The Morgan fingerprint density at radius 2 is 1.21 bits per heavy atom. The van der Waals surface area contributed by atoms with Crippen LogP contribution in [0.25, 0.3) is 0 Å². The molecule has 2 aromatic rings. The van der Waals surface area contributed by atoms with Crippen LogP contribution in [0.4, 0.5) is 11.4 Å². The van der Waals surface area contributed by atoms with Gasteiger partial charge in [-0.25, -0.2) is 0 Å². The summed E-state index contributed by atoms with van der Waals surface area (Å²) in [6, 6.07) is 8.23. The molecule has 0 aromatic heterocycles. The molecule has 0 amide bonds. The molecule has 0 aliphatic heterocycles. The van der Waals surface area contributed by atoms with E-state index in [-0.39, 0.29) is 36.1 Å². The Bertz CT molecular complexity index is 832. The Morgan fingerprint density at radius 1 is 0.821 bits per heavy atom. The van der Waals surface area contributed by atoms with Crippen molar-refractivity contribution in [2.45, 2.75) is 13.2 Å². The first-order valence-electron chi connectivity index (χ1n) is 7.71. The van der Waals surface area contributed by atoms with Gasteiger partial charge in [0.15, 0.2) is 11.5 Å². The van der Waals surface area contributed by atoms with E-state index in [0.29, 0.717) is 11.1 Å². The number of nitrogens with zero attached hydrogens (tertiary/aromatic N) is 2. The maximum atomic E-state index is 11.9. The number of benzene rings is 2. The Balaban J connectivity index is 1.93. The van der Waals surface area contributed by atoms with Gasteiger partial charge in [0.2, 0.25) is 0 Å². The van der Waals surface area contributed by atoms with Crippen molar-refractivity contribution in [3.05, 3.63) is 67.8 Å². The van der Waals surface area contributed by atoms with Gasteiger partial charge in [-0.3, -0.25) is 20.2 Å². The molecule has 11 nitrogen and oxygen atoms in total. The molecule has 0 fully saturated rings. The van der Waals surface area contributed by atoms with E-state index in [4.69, 9.17) is 18.5 Å². The second-order valence-electron chi connectivity index (χ2n) is 5.30. The van der Waals surface area contributed by atoms with Gasteiger partial charge in [-0.2, -0.15) is 0 Å². The number of nitro groups is 2. The average Bonchev–Trinajstić information content (AvgIpc) is 2.69. The number of nitro benzene ring substituents is 2. The van der Waals surface area contributed by atoms with Crippen LogP contribution in [0.5, 0.6) is 11.5 Å². The van der Waals surface area contributed by atoms with E-state index < -0.39 is 18.1 Å². The van der Waals surface area contributed by atoms with Crippen molar-refractivity contribution in [1.82, 2.24) is 0 Å². The predicted molar refractivity (Wildman–Crippen MR) is 96.5 cm³/mol. The van der Waals surface area contributed by atoms with E-state index in [1.165, 1.54) is 50.6 Å². The van der Waals surface area contributed by atoms with Gasteiger partial charge in [0.25, 0.3) is 0 Å². The molecule has 148 valence electrons. The number of ether oxygens (including phenoxy) is 2. The zero-order valence-corrected chi connectivity index (χ0v) is 15.8. The van der Waals surface area contributed by atoms with Gasteiger partial charge in [-0.05, 0) is 35.4 Å². The van der Waals surface area contributed by atoms with Crippen molar-refractivity contribution in [3.63, 3.8) is 0 Å². The predicted octanol–water partition coefficient (Wildman–Crippen LogP) is 3.91. The van der Waals surface area contributed by atoms with Gasteiger partial charge in [0.1, 0.15) is 13.2 Å². The Labute approximate surface area is 160 Å². The molecule has 0 unspecified atom stereocenters. The fourth-order valence-electron chi connectivity index (χ4n) is 2.22. The highest BCUT2D eigenvalue weighted by Gasteiger charge is 2.23. The second kappa shape index (κ2) is 9.70. The highest BCUT2D eigenvalue weighted by molar-refractivity contribution is 7.33. The summed E-state index contributed by atoms with van der Waals surface area (Å²) in [4.78, 5) is 20.6. The maximum absolute atomic E-state index is 11.9. The molecule has 2 rings (SSSR count). The van der Waals surface area contributed by atoms with Crippen LogP contribution in [-0.2, 0) is 26.8 Å². The van der Waals surface area contributed by atoms with Gasteiger partial charge in [-0.1, -0.05) is 0 Å². The van der Waals surface area contributed by atoms with Crippen molar-refractivity contribution >= 4 is 19.6 Å². The minimum atomic E-state index is -2.50. The van der Waals surface area contributed by atoms with E-state index in [0.717, 1.165) is 0 Å². The van der Waals surface area contributed by atoms with E-state index in [1.807, 2.05) is 0 Å². The van der Waals surface area contributed by atoms with Gasteiger partial charge < -0.3 is 9.47 Å². The minimum Gasteiger partial charge on any atom is -0.490 e. The summed E-state index contributed by atoms with van der Waals surface area (Å²) in [6.07, 6.45) is 0. The molecule has 2 aromatic carbocycles. The van der Waals surface area contributed by atoms with Crippen molar-refractivity contribution < 1.29 is 32.9 Å². The third-order valence-corrected chi connectivity index (χ3v) is 4.23. The minimum absolute atomic E-state index is 0.0558. The van der Waals surface area contributed by atoms with Gasteiger partial charge >= 0.3 is 19.6 Å². The van der Waals surface area contributed by atoms with E-state index in [9.17, 15) is 24.8 Å².